The summed E-state index contributed by atoms with van der Waals surface area (Å²) in [6, 6.07) is 15.4. The molecule has 0 spiro atoms. The molecule has 1 atom stereocenters. The van der Waals surface area contributed by atoms with Crippen LogP contribution >= 0.6 is 0 Å². The Balaban J connectivity index is 2.23. The lowest BCUT2D eigenvalue weighted by molar-refractivity contribution is -0.117. The number of carbonyl (C=O) groups excluding carboxylic acids is 2. The summed E-state index contributed by atoms with van der Waals surface area (Å²) in [6.07, 6.45) is 0. The molecule has 1 aliphatic heterocycles. The minimum absolute atomic E-state index is 0.0772. The fourth-order valence-corrected chi connectivity index (χ4v) is 3.01. The molecule has 122 valence electrons. The normalized spacial score (nSPS) is 17.3. The van der Waals surface area contributed by atoms with E-state index in [1.807, 2.05) is 12.1 Å². The summed E-state index contributed by atoms with van der Waals surface area (Å²) in [5.41, 5.74) is 1.32. The minimum Gasteiger partial charge on any atom is -0.503 e. The Hall–Kier alpha value is -3.08. The van der Waals surface area contributed by atoms with Gasteiger partial charge in [0.25, 0.3) is 5.91 Å². The molecule has 5 heteroatoms. The monoisotopic (exact) mass is 323 g/mol. The zero-order chi connectivity index (χ0) is 17.3. The molecule has 1 unspecified atom stereocenters. The van der Waals surface area contributed by atoms with Crippen LogP contribution in [0.4, 0.5) is 5.69 Å². The van der Waals surface area contributed by atoms with E-state index in [0.29, 0.717) is 17.0 Å². The molecular weight excluding hydrogens is 306 g/mol. The Morgan fingerprint density at radius 2 is 1.71 bits per heavy atom. The summed E-state index contributed by atoms with van der Waals surface area (Å²) in [5, 5.41) is 10.3. The second-order valence-corrected chi connectivity index (χ2v) is 5.47. The van der Waals surface area contributed by atoms with E-state index in [4.69, 9.17) is 4.74 Å². The Morgan fingerprint density at radius 3 is 2.33 bits per heavy atom. The molecular formula is C19H17NO4. The second kappa shape index (κ2) is 6.20. The van der Waals surface area contributed by atoms with Crippen molar-refractivity contribution in [1.82, 2.24) is 0 Å². The third-order valence-electron chi connectivity index (χ3n) is 4.06. The molecule has 5 nitrogen and oxygen atoms in total. The smallest absolute Gasteiger partial charge is 0.294 e. The maximum Gasteiger partial charge on any atom is 0.294 e. The summed E-state index contributed by atoms with van der Waals surface area (Å²) in [6.45, 7) is 1.34. The van der Waals surface area contributed by atoms with Crippen LogP contribution < -0.4 is 9.64 Å². The van der Waals surface area contributed by atoms with Gasteiger partial charge in [-0.15, -0.1) is 0 Å². The van der Waals surface area contributed by atoms with Crippen molar-refractivity contribution in [1.29, 1.82) is 0 Å². The number of anilines is 1. The highest BCUT2D eigenvalue weighted by Crippen LogP contribution is 2.43. The van der Waals surface area contributed by atoms with Gasteiger partial charge in [0.05, 0.1) is 18.7 Å². The van der Waals surface area contributed by atoms with Gasteiger partial charge in [-0.3, -0.25) is 14.5 Å². The van der Waals surface area contributed by atoms with Crippen molar-refractivity contribution in [2.24, 2.45) is 0 Å². The van der Waals surface area contributed by atoms with E-state index in [9.17, 15) is 14.7 Å². The Morgan fingerprint density at radius 1 is 1.08 bits per heavy atom. The van der Waals surface area contributed by atoms with E-state index in [2.05, 4.69) is 0 Å². The van der Waals surface area contributed by atoms with E-state index >= 15 is 0 Å². The first kappa shape index (κ1) is 15.8. The van der Waals surface area contributed by atoms with Crippen LogP contribution in [0, 0.1) is 0 Å². The number of ketones is 1. The number of aliphatic hydroxyl groups excluding tert-OH is 1. The third-order valence-corrected chi connectivity index (χ3v) is 4.06. The quantitative estimate of drug-likeness (QED) is 0.938. The number of carbonyl (C=O) groups is 2. The highest BCUT2D eigenvalue weighted by Gasteiger charge is 2.44. The van der Waals surface area contributed by atoms with Gasteiger partial charge in [0.15, 0.2) is 11.5 Å². The maximum absolute atomic E-state index is 12.6. The summed E-state index contributed by atoms with van der Waals surface area (Å²) in [5.74, 6) is -0.913. The average Bonchev–Trinajstić information content (AvgIpc) is 2.87. The third kappa shape index (κ3) is 2.44. The molecule has 0 aliphatic carbocycles. The molecule has 0 bridgehead atoms. The molecule has 0 saturated heterocycles. The van der Waals surface area contributed by atoms with Gasteiger partial charge in [0, 0.05) is 11.3 Å². The predicted octanol–water partition coefficient (Wildman–Crippen LogP) is 3.18. The van der Waals surface area contributed by atoms with E-state index in [1.54, 1.807) is 42.5 Å². The van der Waals surface area contributed by atoms with Crippen molar-refractivity contribution in [3.8, 4) is 5.75 Å². The molecule has 0 aromatic heterocycles. The van der Waals surface area contributed by atoms with Crippen LogP contribution in [0.1, 0.15) is 18.5 Å². The number of hydrogen-bond donors (Lipinski definition) is 1. The largest absolute Gasteiger partial charge is 0.503 e. The number of Topliss-reactive ketones (excluding diaryl/α,β-unsaturated/α-hetero) is 1. The highest BCUT2D eigenvalue weighted by atomic mass is 16.5. The van der Waals surface area contributed by atoms with Crippen molar-refractivity contribution >= 4 is 17.4 Å². The zero-order valence-corrected chi connectivity index (χ0v) is 13.4. The topological polar surface area (TPSA) is 66.8 Å². The number of rotatable bonds is 4. The minimum atomic E-state index is -0.728. The average molecular weight is 323 g/mol. The summed E-state index contributed by atoms with van der Waals surface area (Å²) in [4.78, 5) is 26.2. The standard InChI is InChI=1S/C19H17NO4/c1-12(21)16-17(14-10-6-7-11-15(14)24-2)20(19(23)18(16)22)13-8-4-3-5-9-13/h3-11,17,22H,1-2H3. The molecule has 1 heterocycles. The van der Waals surface area contributed by atoms with Crippen LogP contribution in [0.25, 0.3) is 0 Å². The summed E-state index contributed by atoms with van der Waals surface area (Å²) < 4.78 is 5.39. The number of amides is 1. The maximum atomic E-state index is 12.6. The van der Waals surface area contributed by atoms with Crippen molar-refractivity contribution in [3.63, 3.8) is 0 Å². The van der Waals surface area contributed by atoms with Crippen LogP contribution in [-0.2, 0) is 9.59 Å². The van der Waals surface area contributed by atoms with Crippen LogP contribution in [0.3, 0.4) is 0 Å². The van der Waals surface area contributed by atoms with E-state index < -0.39 is 17.7 Å². The molecule has 3 rings (SSSR count). The molecule has 0 radical (unpaired) electrons. The molecule has 0 saturated carbocycles. The van der Waals surface area contributed by atoms with Gasteiger partial charge in [-0.1, -0.05) is 36.4 Å². The van der Waals surface area contributed by atoms with Gasteiger partial charge in [-0.05, 0) is 25.1 Å². The van der Waals surface area contributed by atoms with Gasteiger partial charge in [-0.25, -0.2) is 0 Å². The van der Waals surface area contributed by atoms with Crippen molar-refractivity contribution in [2.45, 2.75) is 13.0 Å². The molecule has 1 amide bonds. The number of hydrogen-bond acceptors (Lipinski definition) is 4. The molecule has 2 aromatic carbocycles. The molecule has 1 aliphatic rings. The molecule has 1 N–H and O–H groups in total. The van der Waals surface area contributed by atoms with Gasteiger partial charge in [0.1, 0.15) is 5.75 Å². The van der Waals surface area contributed by atoms with Crippen LogP contribution in [0.5, 0.6) is 5.75 Å². The van der Waals surface area contributed by atoms with Gasteiger partial charge in [0.2, 0.25) is 0 Å². The summed E-state index contributed by atoms with van der Waals surface area (Å²) >= 11 is 0. The Bertz CT molecular complexity index is 826. The van der Waals surface area contributed by atoms with Gasteiger partial charge in [-0.2, -0.15) is 0 Å². The number of aliphatic hydroxyl groups is 1. The first-order valence-electron chi connectivity index (χ1n) is 7.52. The fraction of sp³-hybridized carbons (Fsp3) is 0.158. The van der Waals surface area contributed by atoms with Crippen LogP contribution in [0.2, 0.25) is 0 Å². The van der Waals surface area contributed by atoms with Crippen molar-refractivity contribution in [3.05, 3.63) is 71.5 Å². The molecule has 24 heavy (non-hydrogen) atoms. The number of methoxy groups -OCH3 is 1. The molecule has 0 fully saturated rings. The van der Waals surface area contributed by atoms with Crippen molar-refractivity contribution < 1.29 is 19.4 Å². The Labute approximate surface area is 139 Å². The van der Waals surface area contributed by atoms with Gasteiger partial charge >= 0.3 is 0 Å². The summed E-state index contributed by atoms with van der Waals surface area (Å²) in [7, 11) is 1.53. The van der Waals surface area contributed by atoms with E-state index in [1.165, 1.54) is 18.9 Å². The number of ether oxygens (including phenoxy) is 1. The van der Waals surface area contributed by atoms with E-state index in [0.717, 1.165) is 0 Å². The van der Waals surface area contributed by atoms with Crippen molar-refractivity contribution in [2.75, 3.05) is 12.0 Å². The zero-order valence-electron chi connectivity index (χ0n) is 13.4. The van der Waals surface area contributed by atoms with Gasteiger partial charge < -0.3 is 9.84 Å². The van der Waals surface area contributed by atoms with Crippen LogP contribution in [0.15, 0.2) is 65.9 Å². The lowest BCUT2D eigenvalue weighted by Gasteiger charge is -2.27. The SMILES string of the molecule is COc1ccccc1C1C(C(C)=O)=C(O)C(=O)N1c1ccccc1. The highest BCUT2D eigenvalue weighted by molar-refractivity contribution is 6.16. The number of nitrogens with zero attached hydrogens (tertiary/aromatic N) is 1. The Kier molecular flexibility index (Phi) is 4.08. The number of para-hydroxylation sites is 2. The van der Waals surface area contributed by atoms with Crippen LogP contribution in [-0.4, -0.2) is 23.9 Å². The predicted molar refractivity (Wildman–Crippen MR) is 90.0 cm³/mol. The second-order valence-electron chi connectivity index (χ2n) is 5.47. The number of benzene rings is 2. The fourth-order valence-electron chi connectivity index (χ4n) is 3.01. The van der Waals surface area contributed by atoms with E-state index in [-0.39, 0.29) is 11.4 Å². The molecule has 2 aromatic rings. The lowest BCUT2D eigenvalue weighted by atomic mass is 9.95. The first-order valence-corrected chi connectivity index (χ1v) is 7.52. The lowest BCUT2D eigenvalue weighted by Crippen LogP contribution is -2.31. The first-order chi connectivity index (χ1) is 11.6.